The zero-order valence-electron chi connectivity index (χ0n) is 15.4. The van der Waals surface area contributed by atoms with Crippen molar-refractivity contribution in [2.24, 2.45) is 12.8 Å². The summed E-state index contributed by atoms with van der Waals surface area (Å²) in [6, 6.07) is 12.6. The van der Waals surface area contributed by atoms with Crippen molar-refractivity contribution in [1.82, 2.24) is 19.1 Å². The highest BCUT2D eigenvalue weighted by Gasteiger charge is 2.19. The minimum atomic E-state index is -3.72. The summed E-state index contributed by atoms with van der Waals surface area (Å²) in [6.07, 6.45) is 2.46. The Morgan fingerprint density at radius 1 is 1.21 bits per heavy atom. The van der Waals surface area contributed by atoms with Gasteiger partial charge in [-0.05, 0) is 31.0 Å². The summed E-state index contributed by atoms with van der Waals surface area (Å²) in [5.41, 5.74) is 13.0. The molecule has 0 atom stereocenters. The van der Waals surface area contributed by atoms with Crippen LogP contribution in [0.2, 0.25) is 0 Å². The standard InChI is InChI=1S/C18H22N6O3S/c1-23-12-15(11-16(23)18(20)25)28(26,27)21-9-5-6-13-10-17(19)24(22-13)14-7-3-2-4-8-14/h2-4,7-8,10-12,21H,5-6,9,19H2,1H3,(H2,20,25). The number of aromatic nitrogens is 3. The van der Waals surface area contributed by atoms with Crippen LogP contribution in [-0.2, 0) is 23.5 Å². The summed E-state index contributed by atoms with van der Waals surface area (Å²) in [4.78, 5) is 11.3. The Morgan fingerprint density at radius 2 is 1.93 bits per heavy atom. The molecule has 0 unspecified atom stereocenters. The maximum absolute atomic E-state index is 12.4. The van der Waals surface area contributed by atoms with E-state index < -0.39 is 15.9 Å². The second kappa shape index (κ2) is 7.87. The zero-order chi connectivity index (χ0) is 20.3. The van der Waals surface area contributed by atoms with Gasteiger partial charge in [-0.15, -0.1) is 0 Å². The lowest BCUT2D eigenvalue weighted by atomic mass is 10.2. The number of amides is 1. The maximum atomic E-state index is 12.4. The van der Waals surface area contributed by atoms with E-state index in [0.717, 1.165) is 11.4 Å². The fraction of sp³-hybridized carbons (Fsp3) is 0.222. The van der Waals surface area contributed by atoms with E-state index in [2.05, 4.69) is 9.82 Å². The van der Waals surface area contributed by atoms with Gasteiger partial charge in [0.05, 0.1) is 11.4 Å². The monoisotopic (exact) mass is 402 g/mol. The predicted octanol–water partition coefficient (Wildman–Crippen LogP) is 0.803. The molecule has 0 aliphatic carbocycles. The van der Waals surface area contributed by atoms with Crippen LogP contribution in [0.25, 0.3) is 5.69 Å². The van der Waals surface area contributed by atoms with Crippen molar-refractivity contribution in [3.8, 4) is 5.69 Å². The van der Waals surface area contributed by atoms with Crippen molar-refractivity contribution in [2.75, 3.05) is 12.3 Å². The van der Waals surface area contributed by atoms with Gasteiger partial charge in [-0.3, -0.25) is 4.79 Å². The van der Waals surface area contributed by atoms with Crippen molar-refractivity contribution < 1.29 is 13.2 Å². The number of carbonyl (C=O) groups is 1. The number of sulfonamides is 1. The Labute approximate surface area is 163 Å². The lowest BCUT2D eigenvalue weighted by Crippen LogP contribution is -2.24. The number of anilines is 1. The second-order valence-electron chi connectivity index (χ2n) is 6.35. The van der Waals surface area contributed by atoms with Gasteiger partial charge in [-0.2, -0.15) is 5.10 Å². The molecule has 0 saturated heterocycles. The quantitative estimate of drug-likeness (QED) is 0.479. The third-order valence-corrected chi connectivity index (χ3v) is 5.66. The summed E-state index contributed by atoms with van der Waals surface area (Å²) in [6.45, 7) is 0.223. The Hall–Kier alpha value is -3.11. The molecule has 2 aromatic heterocycles. The predicted molar refractivity (Wildman–Crippen MR) is 105 cm³/mol. The third kappa shape index (κ3) is 4.24. The molecule has 0 bridgehead atoms. The molecule has 0 radical (unpaired) electrons. The minimum Gasteiger partial charge on any atom is -0.384 e. The molecule has 9 nitrogen and oxygen atoms in total. The molecule has 0 saturated carbocycles. The van der Waals surface area contributed by atoms with Crippen LogP contribution in [0.4, 0.5) is 5.82 Å². The third-order valence-electron chi connectivity index (χ3n) is 4.23. The van der Waals surface area contributed by atoms with Crippen LogP contribution < -0.4 is 16.2 Å². The molecule has 5 N–H and O–H groups in total. The van der Waals surface area contributed by atoms with Gasteiger partial charge in [-0.25, -0.2) is 17.8 Å². The summed E-state index contributed by atoms with van der Waals surface area (Å²) in [5, 5.41) is 4.47. The fourth-order valence-corrected chi connectivity index (χ4v) is 3.97. The first-order valence-corrected chi connectivity index (χ1v) is 10.1. The highest BCUT2D eigenvalue weighted by atomic mass is 32.2. The molecule has 0 spiro atoms. The lowest BCUT2D eigenvalue weighted by molar-refractivity contribution is 0.0992. The van der Waals surface area contributed by atoms with E-state index >= 15 is 0 Å². The number of aryl methyl sites for hydroxylation is 2. The number of benzene rings is 1. The largest absolute Gasteiger partial charge is 0.384 e. The molecular weight excluding hydrogens is 380 g/mol. The van der Waals surface area contributed by atoms with Crippen LogP contribution in [0, 0.1) is 0 Å². The minimum absolute atomic E-state index is 0.00130. The molecule has 10 heteroatoms. The van der Waals surface area contributed by atoms with Crippen molar-refractivity contribution in [3.63, 3.8) is 0 Å². The Morgan fingerprint density at radius 3 is 2.57 bits per heavy atom. The van der Waals surface area contributed by atoms with Crippen molar-refractivity contribution in [1.29, 1.82) is 0 Å². The molecular formula is C18H22N6O3S. The van der Waals surface area contributed by atoms with Crippen LogP contribution in [0.1, 0.15) is 22.6 Å². The number of nitrogens with one attached hydrogen (secondary N) is 1. The van der Waals surface area contributed by atoms with Crippen molar-refractivity contribution in [3.05, 3.63) is 60.0 Å². The first-order valence-electron chi connectivity index (χ1n) is 8.63. The van der Waals surface area contributed by atoms with Gasteiger partial charge in [0.15, 0.2) is 0 Å². The highest BCUT2D eigenvalue weighted by Crippen LogP contribution is 2.16. The average Bonchev–Trinajstić information content (AvgIpc) is 3.23. The van der Waals surface area contributed by atoms with E-state index in [9.17, 15) is 13.2 Å². The maximum Gasteiger partial charge on any atom is 0.265 e. The normalized spacial score (nSPS) is 11.6. The van der Waals surface area contributed by atoms with E-state index in [1.807, 2.05) is 30.3 Å². The van der Waals surface area contributed by atoms with Crippen LogP contribution >= 0.6 is 0 Å². The molecule has 28 heavy (non-hydrogen) atoms. The molecule has 1 aromatic carbocycles. The number of nitrogen functional groups attached to an aromatic ring is 1. The molecule has 0 aliphatic heterocycles. The van der Waals surface area contributed by atoms with Gasteiger partial charge in [0.25, 0.3) is 5.91 Å². The highest BCUT2D eigenvalue weighted by molar-refractivity contribution is 7.89. The molecule has 0 aliphatic rings. The molecule has 1 amide bonds. The second-order valence-corrected chi connectivity index (χ2v) is 8.11. The van der Waals surface area contributed by atoms with Crippen molar-refractivity contribution in [2.45, 2.75) is 17.7 Å². The van der Waals surface area contributed by atoms with Gasteiger partial charge in [0, 0.05) is 25.9 Å². The molecule has 3 aromatic rings. The summed E-state index contributed by atoms with van der Waals surface area (Å²) in [7, 11) is -2.16. The number of para-hydroxylation sites is 1. The topological polar surface area (TPSA) is 138 Å². The fourth-order valence-electron chi connectivity index (χ4n) is 2.83. The number of primary amides is 1. The average molecular weight is 402 g/mol. The molecule has 2 heterocycles. The van der Waals surface area contributed by atoms with Crippen LogP contribution in [0.15, 0.2) is 53.6 Å². The Bertz CT molecular complexity index is 1090. The number of hydrogen-bond acceptors (Lipinski definition) is 5. The van der Waals surface area contributed by atoms with Crippen LogP contribution in [0.3, 0.4) is 0 Å². The number of hydrogen-bond donors (Lipinski definition) is 3. The van der Waals surface area contributed by atoms with E-state index in [1.54, 1.807) is 17.8 Å². The van der Waals surface area contributed by atoms with Gasteiger partial charge >= 0.3 is 0 Å². The smallest absolute Gasteiger partial charge is 0.265 e. The van der Waals surface area contributed by atoms with E-state index in [0.29, 0.717) is 18.7 Å². The van der Waals surface area contributed by atoms with Crippen molar-refractivity contribution >= 4 is 21.7 Å². The van der Waals surface area contributed by atoms with Gasteiger partial charge in [0.1, 0.15) is 16.4 Å². The van der Waals surface area contributed by atoms with E-state index in [-0.39, 0.29) is 17.1 Å². The number of nitrogens with two attached hydrogens (primary N) is 2. The first-order chi connectivity index (χ1) is 13.3. The van der Waals surface area contributed by atoms with E-state index in [1.165, 1.54) is 16.8 Å². The van der Waals surface area contributed by atoms with Gasteiger partial charge in [-0.1, -0.05) is 18.2 Å². The first kappa shape index (κ1) is 19.6. The zero-order valence-corrected chi connectivity index (χ0v) is 16.2. The molecule has 3 rings (SSSR count). The molecule has 148 valence electrons. The summed E-state index contributed by atoms with van der Waals surface area (Å²) >= 11 is 0. The lowest BCUT2D eigenvalue weighted by Gasteiger charge is -2.04. The van der Waals surface area contributed by atoms with E-state index in [4.69, 9.17) is 11.5 Å². The number of rotatable bonds is 8. The summed E-state index contributed by atoms with van der Waals surface area (Å²) in [5.74, 6) is -0.166. The van der Waals surface area contributed by atoms with Crippen LogP contribution in [-0.4, -0.2) is 35.2 Å². The number of nitrogens with zero attached hydrogens (tertiary/aromatic N) is 3. The number of carbonyl (C=O) groups excluding carboxylic acids is 1. The van der Waals surface area contributed by atoms with Crippen LogP contribution in [0.5, 0.6) is 0 Å². The SMILES string of the molecule is Cn1cc(S(=O)(=O)NCCCc2cc(N)n(-c3ccccc3)n2)cc1C(N)=O. The Kier molecular flexibility index (Phi) is 5.52. The van der Waals surface area contributed by atoms with Gasteiger partial charge in [0.2, 0.25) is 10.0 Å². The van der Waals surface area contributed by atoms with Gasteiger partial charge < -0.3 is 16.0 Å². The molecule has 0 fully saturated rings. The Balaban J connectivity index is 1.59. The summed E-state index contributed by atoms with van der Waals surface area (Å²) < 4.78 is 30.3.